The van der Waals surface area contributed by atoms with Crippen LogP contribution in [0.5, 0.6) is 0 Å². The van der Waals surface area contributed by atoms with Gasteiger partial charge in [-0.25, -0.2) is 0 Å². The van der Waals surface area contributed by atoms with Gasteiger partial charge in [0, 0.05) is 5.25 Å². The second-order valence-electron chi connectivity index (χ2n) is 4.15. The van der Waals surface area contributed by atoms with E-state index in [2.05, 4.69) is 10.1 Å². The fourth-order valence-electron chi connectivity index (χ4n) is 1.55. The smallest absolute Gasteiger partial charge is 0.306 e. The minimum atomic E-state index is -0.183. The van der Waals surface area contributed by atoms with Crippen LogP contribution in [0.1, 0.15) is 26.2 Å². The van der Waals surface area contributed by atoms with Crippen LogP contribution in [0.4, 0.5) is 0 Å². The first-order chi connectivity index (χ1) is 9.69. The molecule has 0 saturated heterocycles. The summed E-state index contributed by atoms with van der Waals surface area (Å²) in [5, 5.41) is 4.01. The van der Waals surface area contributed by atoms with Gasteiger partial charge in [0.2, 0.25) is 11.7 Å². The Morgan fingerprint density at radius 2 is 2.40 bits per heavy atom. The van der Waals surface area contributed by atoms with Gasteiger partial charge >= 0.3 is 5.97 Å². The van der Waals surface area contributed by atoms with Gasteiger partial charge in [0.05, 0.1) is 30.6 Å². The van der Waals surface area contributed by atoms with Crippen LogP contribution in [0.25, 0.3) is 11.4 Å². The molecule has 0 aliphatic rings. The Morgan fingerprint density at radius 1 is 1.55 bits per heavy atom. The normalized spacial score (nSPS) is 12.3. The van der Waals surface area contributed by atoms with Crippen molar-refractivity contribution >= 4 is 17.7 Å². The predicted molar refractivity (Wildman–Crippen MR) is 74.0 cm³/mol. The summed E-state index contributed by atoms with van der Waals surface area (Å²) in [4.78, 5) is 15.6. The Balaban J connectivity index is 1.81. The van der Waals surface area contributed by atoms with Crippen molar-refractivity contribution in [3.05, 3.63) is 24.5 Å². The highest BCUT2D eigenvalue weighted by Gasteiger charge is 2.14. The van der Waals surface area contributed by atoms with E-state index in [1.165, 1.54) is 0 Å². The minimum absolute atomic E-state index is 0.137. The molecule has 0 N–H and O–H groups in total. The Labute approximate surface area is 120 Å². The second kappa shape index (κ2) is 7.14. The predicted octanol–water partition coefficient (Wildman–Crippen LogP) is 2.90. The largest absolute Gasteiger partial charge is 0.472 e. The van der Waals surface area contributed by atoms with Crippen molar-refractivity contribution in [1.82, 2.24) is 10.1 Å². The van der Waals surface area contributed by atoms with E-state index in [1.807, 2.05) is 6.92 Å². The van der Waals surface area contributed by atoms with Crippen LogP contribution in [0.2, 0.25) is 0 Å². The highest BCUT2D eigenvalue weighted by molar-refractivity contribution is 7.99. The summed E-state index contributed by atoms with van der Waals surface area (Å²) in [7, 11) is 0. The third-order valence-electron chi connectivity index (χ3n) is 2.50. The third kappa shape index (κ3) is 4.12. The first-order valence-corrected chi connectivity index (χ1v) is 7.36. The van der Waals surface area contributed by atoms with E-state index in [-0.39, 0.29) is 11.2 Å². The van der Waals surface area contributed by atoms with Crippen LogP contribution in [-0.4, -0.2) is 28.0 Å². The van der Waals surface area contributed by atoms with E-state index >= 15 is 0 Å². The van der Waals surface area contributed by atoms with E-state index in [9.17, 15) is 4.79 Å². The molecule has 2 heterocycles. The summed E-state index contributed by atoms with van der Waals surface area (Å²) in [5.41, 5.74) is 0.782. The van der Waals surface area contributed by atoms with Crippen molar-refractivity contribution in [2.24, 2.45) is 0 Å². The monoisotopic (exact) mass is 296 g/mol. The SMILES string of the molecule is CCOC(=O)CC(C)SCc1nc(-c2ccoc2)no1. The fourth-order valence-corrected chi connectivity index (χ4v) is 2.35. The van der Waals surface area contributed by atoms with Crippen molar-refractivity contribution < 1.29 is 18.5 Å². The Morgan fingerprint density at radius 3 is 3.10 bits per heavy atom. The van der Waals surface area contributed by atoms with Gasteiger partial charge < -0.3 is 13.7 Å². The van der Waals surface area contributed by atoms with Crippen molar-refractivity contribution in [2.45, 2.75) is 31.3 Å². The number of rotatable bonds is 7. The van der Waals surface area contributed by atoms with Crippen molar-refractivity contribution in [3.63, 3.8) is 0 Å². The number of hydrogen-bond donors (Lipinski definition) is 0. The zero-order valence-electron chi connectivity index (χ0n) is 11.4. The van der Waals surface area contributed by atoms with Crippen LogP contribution in [0.3, 0.4) is 0 Å². The van der Waals surface area contributed by atoms with Gasteiger partial charge in [-0.2, -0.15) is 4.98 Å². The zero-order chi connectivity index (χ0) is 14.4. The molecule has 0 aliphatic carbocycles. The molecule has 108 valence electrons. The van der Waals surface area contributed by atoms with Gasteiger partial charge in [-0.05, 0) is 13.0 Å². The van der Waals surface area contributed by atoms with E-state index in [4.69, 9.17) is 13.7 Å². The Kier molecular flexibility index (Phi) is 5.23. The summed E-state index contributed by atoms with van der Waals surface area (Å²) in [6, 6.07) is 1.77. The summed E-state index contributed by atoms with van der Waals surface area (Å²) in [5.74, 6) is 1.41. The summed E-state index contributed by atoms with van der Waals surface area (Å²) in [6.07, 6.45) is 3.49. The van der Waals surface area contributed by atoms with E-state index in [0.717, 1.165) is 5.56 Å². The fraction of sp³-hybridized carbons (Fsp3) is 0.462. The second-order valence-corrected chi connectivity index (χ2v) is 5.58. The number of hydrogen-bond acceptors (Lipinski definition) is 7. The van der Waals surface area contributed by atoms with Crippen LogP contribution in [0, 0.1) is 0 Å². The summed E-state index contributed by atoms with van der Waals surface area (Å²) >= 11 is 1.57. The van der Waals surface area contributed by atoms with Crippen LogP contribution in [0.15, 0.2) is 27.5 Å². The first-order valence-electron chi connectivity index (χ1n) is 6.31. The van der Waals surface area contributed by atoms with Gasteiger partial charge in [-0.3, -0.25) is 4.79 Å². The molecule has 2 aromatic heterocycles. The van der Waals surface area contributed by atoms with Crippen molar-refractivity contribution in [3.8, 4) is 11.4 Å². The maximum absolute atomic E-state index is 11.3. The molecule has 2 rings (SSSR count). The average molecular weight is 296 g/mol. The lowest BCUT2D eigenvalue weighted by Crippen LogP contribution is -2.10. The quantitative estimate of drug-likeness (QED) is 0.727. The zero-order valence-corrected chi connectivity index (χ0v) is 12.2. The Hall–Kier alpha value is -1.76. The van der Waals surface area contributed by atoms with Gasteiger partial charge in [0.1, 0.15) is 6.26 Å². The number of carbonyl (C=O) groups excluding carboxylic acids is 1. The van der Waals surface area contributed by atoms with Gasteiger partial charge in [-0.1, -0.05) is 12.1 Å². The van der Waals surface area contributed by atoms with E-state index in [1.54, 1.807) is 37.3 Å². The number of carbonyl (C=O) groups is 1. The number of thioether (sulfide) groups is 1. The molecule has 0 fully saturated rings. The number of aromatic nitrogens is 2. The average Bonchev–Trinajstić information content (AvgIpc) is 3.07. The molecular weight excluding hydrogens is 280 g/mol. The number of nitrogens with zero attached hydrogens (tertiary/aromatic N) is 2. The lowest BCUT2D eigenvalue weighted by atomic mass is 10.3. The Bertz CT molecular complexity index is 538. The van der Waals surface area contributed by atoms with Crippen LogP contribution < -0.4 is 0 Å². The van der Waals surface area contributed by atoms with E-state index in [0.29, 0.717) is 30.5 Å². The lowest BCUT2D eigenvalue weighted by molar-refractivity contribution is -0.142. The van der Waals surface area contributed by atoms with Crippen LogP contribution >= 0.6 is 11.8 Å². The van der Waals surface area contributed by atoms with Crippen LogP contribution in [-0.2, 0) is 15.3 Å². The van der Waals surface area contributed by atoms with E-state index < -0.39 is 0 Å². The number of ether oxygens (including phenoxy) is 1. The minimum Gasteiger partial charge on any atom is -0.472 e. The first kappa shape index (κ1) is 14.6. The maximum atomic E-state index is 11.3. The molecule has 2 aromatic rings. The maximum Gasteiger partial charge on any atom is 0.306 e. The van der Waals surface area contributed by atoms with Crippen molar-refractivity contribution in [1.29, 1.82) is 0 Å². The third-order valence-corrected chi connectivity index (χ3v) is 3.65. The molecule has 6 nitrogen and oxygen atoms in total. The molecule has 0 amide bonds. The molecule has 0 bridgehead atoms. The molecule has 0 aliphatic heterocycles. The highest BCUT2D eigenvalue weighted by Crippen LogP contribution is 2.22. The summed E-state index contributed by atoms with van der Waals surface area (Å²) in [6.45, 7) is 4.18. The van der Waals surface area contributed by atoms with Gasteiger partial charge in [0.15, 0.2) is 0 Å². The lowest BCUT2D eigenvalue weighted by Gasteiger charge is -2.08. The standard InChI is InChI=1S/C13H16N2O4S/c1-3-18-12(16)6-9(2)20-8-11-14-13(15-19-11)10-4-5-17-7-10/h4-5,7,9H,3,6,8H2,1-2H3. The van der Waals surface area contributed by atoms with Gasteiger partial charge in [0.25, 0.3) is 0 Å². The molecule has 0 aromatic carbocycles. The molecule has 1 atom stereocenters. The highest BCUT2D eigenvalue weighted by atomic mass is 32.2. The molecule has 0 spiro atoms. The molecule has 20 heavy (non-hydrogen) atoms. The molecule has 0 radical (unpaired) electrons. The summed E-state index contributed by atoms with van der Waals surface area (Å²) < 4.78 is 15.0. The molecule has 0 saturated carbocycles. The van der Waals surface area contributed by atoms with Gasteiger partial charge in [-0.15, -0.1) is 11.8 Å². The van der Waals surface area contributed by atoms with Crippen molar-refractivity contribution in [2.75, 3.05) is 6.61 Å². The molecular formula is C13H16N2O4S. The number of esters is 1. The molecule has 1 unspecified atom stereocenters. The molecule has 7 heteroatoms. The number of furan rings is 1. The topological polar surface area (TPSA) is 78.4 Å².